The number of nitrogens with zero attached hydrogens (tertiary/aromatic N) is 1. The van der Waals surface area contributed by atoms with Crippen LogP contribution in [0, 0.1) is 5.92 Å². The van der Waals surface area contributed by atoms with Crippen LogP contribution in [-0.2, 0) is 9.59 Å². The summed E-state index contributed by atoms with van der Waals surface area (Å²) in [5.41, 5.74) is 0. The van der Waals surface area contributed by atoms with Gasteiger partial charge in [-0.15, -0.1) is 0 Å². The minimum absolute atomic E-state index is 0.0879. The van der Waals surface area contributed by atoms with Crippen molar-refractivity contribution in [3.8, 4) is 0 Å². The molecule has 1 aliphatic rings. The Morgan fingerprint density at radius 2 is 2.00 bits per heavy atom. The topological polar surface area (TPSA) is 69.6 Å². The second-order valence-corrected chi connectivity index (χ2v) is 4.52. The molecule has 0 aromatic carbocycles. The molecule has 5 heteroatoms. The molecule has 1 aliphatic heterocycles. The van der Waals surface area contributed by atoms with Gasteiger partial charge in [-0.25, -0.2) is 0 Å². The highest BCUT2D eigenvalue weighted by molar-refractivity contribution is 5.78. The Labute approximate surface area is 102 Å². The van der Waals surface area contributed by atoms with E-state index in [4.69, 9.17) is 5.11 Å². The van der Waals surface area contributed by atoms with Crippen molar-refractivity contribution in [2.45, 2.75) is 32.6 Å². The van der Waals surface area contributed by atoms with E-state index in [9.17, 15) is 9.59 Å². The first-order chi connectivity index (χ1) is 8.15. The SMILES string of the molecule is CCCCNCC(=O)N1CCC(C(=O)O)CC1. The summed E-state index contributed by atoms with van der Waals surface area (Å²) in [6, 6.07) is 0. The molecule has 0 aliphatic carbocycles. The second kappa shape index (κ2) is 7.27. The van der Waals surface area contributed by atoms with Crippen LogP contribution in [0.25, 0.3) is 0 Å². The molecular formula is C12H22N2O3. The quantitative estimate of drug-likeness (QED) is 0.673. The summed E-state index contributed by atoms with van der Waals surface area (Å²) in [7, 11) is 0. The number of hydrogen-bond acceptors (Lipinski definition) is 3. The van der Waals surface area contributed by atoms with Crippen molar-refractivity contribution in [3.63, 3.8) is 0 Å². The molecule has 0 spiro atoms. The lowest BCUT2D eigenvalue weighted by molar-refractivity contribution is -0.145. The van der Waals surface area contributed by atoms with E-state index < -0.39 is 5.97 Å². The van der Waals surface area contributed by atoms with Crippen molar-refractivity contribution in [2.24, 2.45) is 5.92 Å². The number of carbonyl (C=O) groups is 2. The molecule has 0 radical (unpaired) electrons. The van der Waals surface area contributed by atoms with Gasteiger partial charge in [0.15, 0.2) is 0 Å². The molecule has 1 rings (SSSR count). The lowest BCUT2D eigenvalue weighted by Gasteiger charge is -2.30. The molecule has 0 unspecified atom stereocenters. The fraction of sp³-hybridized carbons (Fsp3) is 0.833. The Bertz CT molecular complexity index is 260. The monoisotopic (exact) mass is 242 g/mol. The first kappa shape index (κ1) is 14.0. The van der Waals surface area contributed by atoms with E-state index in [0.717, 1.165) is 19.4 Å². The molecule has 0 aromatic heterocycles. The first-order valence-corrected chi connectivity index (χ1v) is 6.36. The molecular weight excluding hydrogens is 220 g/mol. The predicted molar refractivity (Wildman–Crippen MR) is 64.7 cm³/mol. The van der Waals surface area contributed by atoms with Crippen molar-refractivity contribution in [1.29, 1.82) is 0 Å². The average Bonchev–Trinajstić information content (AvgIpc) is 2.34. The summed E-state index contributed by atoms with van der Waals surface area (Å²) in [6.45, 7) is 4.50. The molecule has 5 nitrogen and oxygen atoms in total. The maximum Gasteiger partial charge on any atom is 0.306 e. The van der Waals surface area contributed by atoms with Crippen LogP contribution in [0.15, 0.2) is 0 Å². The Morgan fingerprint density at radius 3 is 2.53 bits per heavy atom. The van der Waals surface area contributed by atoms with Gasteiger partial charge in [0, 0.05) is 13.1 Å². The number of carbonyl (C=O) groups excluding carboxylic acids is 1. The zero-order chi connectivity index (χ0) is 12.7. The van der Waals surface area contributed by atoms with Crippen LogP contribution in [0.3, 0.4) is 0 Å². The number of carboxylic acid groups (broad SMARTS) is 1. The Morgan fingerprint density at radius 1 is 1.35 bits per heavy atom. The summed E-state index contributed by atoms with van der Waals surface area (Å²) in [5, 5.41) is 12.0. The van der Waals surface area contributed by atoms with Crippen LogP contribution in [0.2, 0.25) is 0 Å². The summed E-state index contributed by atoms with van der Waals surface area (Å²) < 4.78 is 0. The third kappa shape index (κ3) is 4.73. The van der Waals surface area contributed by atoms with Crippen LogP contribution in [-0.4, -0.2) is 48.1 Å². The minimum Gasteiger partial charge on any atom is -0.481 e. The number of unbranched alkanes of at least 4 members (excludes halogenated alkanes) is 1. The number of aliphatic carboxylic acids is 1. The van der Waals surface area contributed by atoms with Crippen molar-refractivity contribution >= 4 is 11.9 Å². The van der Waals surface area contributed by atoms with Gasteiger partial charge in [0.25, 0.3) is 0 Å². The number of nitrogens with one attached hydrogen (secondary N) is 1. The number of hydrogen-bond donors (Lipinski definition) is 2. The number of carboxylic acids is 1. The Kier molecular flexibility index (Phi) is 5.97. The van der Waals surface area contributed by atoms with E-state index in [1.807, 2.05) is 0 Å². The van der Waals surface area contributed by atoms with Gasteiger partial charge < -0.3 is 15.3 Å². The molecule has 1 heterocycles. The fourth-order valence-electron chi connectivity index (χ4n) is 1.98. The Hall–Kier alpha value is -1.10. The molecule has 2 N–H and O–H groups in total. The molecule has 1 fully saturated rings. The van der Waals surface area contributed by atoms with Crippen LogP contribution < -0.4 is 5.32 Å². The van der Waals surface area contributed by atoms with Gasteiger partial charge in [0.05, 0.1) is 12.5 Å². The van der Waals surface area contributed by atoms with Gasteiger partial charge in [-0.2, -0.15) is 0 Å². The third-order valence-electron chi connectivity index (χ3n) is 3.18. The summed E-state index contributed by atoms with van der Waals surface area (Å²) in [6.07, 6.45) is 3.35. The van der Waals surface area contributed by atoms with E-state index in [1.54, 1.807) is 4.90 Å². The average molecular weight is 242 g/mol. The van der Waals surface area contributed by atoms with E-state index in [0.29, 0.717) is 32.5 Å². The number of amides is 1. The second-order valence-electron chi connectivity index (χ2n) is 4.52. The van der Waals surface area contributed by atoms with Crippen LogP contribution in [0.4, 0.5) is 0 Å². The highest BCUT2D eigenvalue weighted by Crippen LogP contribution is 2.16. The van der Waals surface area contributed by atoms with E-state index >= 15 is 0 Å². The lowest BCUT2D eigenvalue weighted by Crippen LogP contribution is -2.44. The summed E-state index contributed by atoms with van der Waals surface area (Å²) >= 11 is 0. The van der Waals surface area contributed by atoms with Crippen molar-refractivity contribution in [3.05, 3.63) is 0 Å². The molecule has 1 amide bonds. The van der Waals surface area contributed by atoms with Crippen molar-refractivity contribution < 1.29 is 14.7 Å². The maximum atomic E-state index is 11.8. The smallest absolute Gasteiger partial charge is 0.306 e. The number of piperidine rings is 1. The van der Waals surface area contributed by atoms with Crippen molar-refractivity contribution in [1.82, 2.24) is 10.2 Å². The third-order valence-corrected chi connectivity index (χ3v) is 3.18. The van der Waals surface area contributed by atoms with Gasteiger partial charge in [0.1, 0.15) is 0 Å². The van der Waals surface area contributed by atoms with Gasteiger partial charge in [0.2, 0.25) is 5.91 Å². The Balaban J connectivity index is 2.19. The molecule has 0 aromatic rings. The molecule has 0 saturated carbocycles. The highest BCUT2D eigenvalue weighted by atomic mass is 16.4. The van der Waals surface area contributed by atoms with Crippen LogP contribution >= 0.6 is 0 Å². The van der Waals surface area contributed by atoms with E-state index in [-0.39, 0.29) is 11.8 Å². The first-order valence-electron chi connectivity index (χ1n) is 6.36. The number of rotatable bonds is 6. The van der Waals surface area contributed by atoms with Crippen molar-refractivity contribution in [2.75, 3.05) is 26.2 Å². The van der Waals surface area contributed by atoms with Gasteiger partial charge in [-0.3, -0.25) is 9.59 Å². The lowest BCUT2D eigenvalue weighted by atomic mass is 9.97. The molecule has 0 bridgehead atoms. The van der Waals surface area contributed by atoms with Crippen LogP contribution in [0.5, 0.6) is 0 Å². The fourth-order valence-corrected chi connectivity index (χ4v) is 1.98. The number of likely N-dealkylation sites (tertiary alicyclic amines) is 1. The van der Waals surface area contributed by atoms with E-state index in [2.05, 4.69) is 12.2 Å². The summed E-state index contributed by atoms with van der Waals surface area (Å²) in [4.78, 5) is 24.3. The predicted octanol–water partition coefficient (Wildman–Crippen LogP) is 0.699. The molecule has 1 saturated heterocycles. The highest BCUT2D eigenvalue weighted by Gasteiger charge is 2.26. The summed E-state index contributed by atoms with van der Waals surface area (Å²) in [5.74, 6) is -0.921. The molecule has 17 heavy (non-hydrogen) atoms. The van der Waals surface area contributed by atoms with Gasteiger partial charge in [-0.05, 0) is 25.8 Å². The standard InChI is InChI=1S/C12H22N2O3/c1-2-3-6-13-9-11(15)14-7-4-10(5-8-14)12(16)17/h10,13H,2-9H2,1H3,(H,16,17). The maximum absolute atomic E-state index is 11.8. The molecule has 0 atom stereocenters. The van der Waals surface area contributed by atoms with Gasteiger partial charge >= 0.3 is 5.97 Å². The zero-order valence-corrected chi connectivity index (χ0v) is 10.4. The van der Waals surface area contributed by atoms with Crippen LogP contribution in [0.1, 0.15) is 32.6 Å². The molecule has 98 valence electrons. The normalized spacial score (nSPS) is 17.1. The zero-order valence-electron chi connectivity index (χ0n) is 10.4. The largest absolute Gasteiger partial charge is 0.481 e. The minimum atomic E-state index is -0.738. The van der Waals surface area contributed by atoms with Gasteiger partial charge in [-0.1, -0.05) is 13.3 Å². The van der Waals surface area contributed by atoms with E-state index in [1.165, 1.54) is 0 Å².